The molecule has 0 aliphatic rings. The topological polar surface area (TPSA) is 46.5 Å². The van der Waals surface area contributed by atoms with Gasteiger partial charge in [0.15, 0.2) is 0 Å². The van der Waals surface area contributed by atoms with Crippen molar-refractivity contribution in [1.29, 1.82) is 0 Å². The number of esters is 1. The van der Waals surface area contributed by atoms with Gasteiger partial charge in [0.2, 0.25) is 0 Å². The summed E-state index contributed by atoms with van der Waals surface area (Å²) in [6, 6.07) is 15.0. The average molecular weight is 361 g/mol. The smallest absolute Gasteiger partial charge is 0.330 e. The molecule has 2 rings (SSSR count). The zero-order valence-electron chi connectivity index (χ0n) is 12.2. The molecule has 3 nitrogen and oxygen atoms in total. The molecule has 0 spiro atoms. The van der Waals surface area contributed by atoms with Crippen molar-refractivity contribution in [3.05, 3.63) is 75.8 Å². The van der Waals surface area contributed by atoms with Crippen LogP contribution in [0, 0.1) is 0 Å². The van der Waals surface area contributed by atoms with Gasteiger partial charge in [-0.1, -0.05) is 46.3 Å². The molecule has 0 aliphatic carbocycles. The second kappa shape index (κ2) is 7.92. The number of benzene rings is 2. The van der Waals surface area contributed by atoms with Crippen LogP contribution in [0.15, 0.2) is 59.1 Å². The van der Waals surface area contributed by atoms with Gasteiger partial charge in [0.1, 0.15) is 6.10 Å². The molecular weight excluding hydrogens is 344 g/mol. The van der Waals surface area contributed by atoms with Crippen LogP contribution in [-0.4, -0.2) is 17.7 Å². The van der Waals surface area contributed by atoms with Gasteiger partial charge in [-0.2, -0.15) is 0 Å². The Balaban J connectivity index is 2.25. The lowest BCUT2D eigenvalue weighted by molar-refractivity contribution is -0.137. The van der Waals surface area contributed by atoms with Gasteiger partial charge in [-0.05, 0) is 47.9 Å². The molecule has 4 heteroatoms. The highest BCUT2D eigenvalue weighted by atomic mass is 79.9. The predicted molar refractivity (Wildman–Crippen MR) is 90.3 cm³/mol. The van der Waals surface area contributed by atoms with Crippen molar-refractivity contribution in [3.63, 3.8) is 0 Å². The van der Waals surface area contributed by atoms with E-state index in [-0.39, 0.29) is 5.97 Å². The van der Waals surface area contributed by atoms with Crippen LogP contribution >= 0.6 is 15.9 Å². The van der Waals surface area contributed by atoms with E-state index in [0.717, 1.165) is 21.2 Å². The molecule has 0 amide bonds. The average Bonchev–Trinajstić information content (AvgIpc) is 2.53. The molecular formula is C18H17BrO3. The minimum atomic E-state index is -0.714. The van der Waals surface area contributed by atoms with E-state index >= 15 is 0 Å². The molecule has 22 heavy (non-hydrogen) atoms. The van der Waals surface area contributed by atoms with Crippen LogP contribution in [0.4, 0.5) is 0 Å². The van der Waals surface area contributed by atoms with E-state index in [0.29, 0.717) is 6.61 Å². The molecule has 1 atom stereocenters. The summed E-state index contributed by atoms with van der Waals surface area (Å²) >= 11 is 3.43. The molecule has 114 valence electrons. The van der Waals surface area contributed by atoms with Crippen molar-refractivity contribution in [2.75, 3.05) is 6.61 Å². The number of hydrogen-bond acceptors (Lipinski definition) is 3. The van der Waals surface area contributed by atoms with Crippen molar-refractivity contribution in [1.82, 2.24) is 0 Å². The quantitative estimate of drug-likeness (QED) is 0.644. The third-order valence-electron chi connectivity index (χ3n) is 3.07. The summed E-state index contributed by atoms with van der Waals surface area (Å²) in [7, 11) is 0. The van der Waals surface area contributed by atoms with E-state index in [1.807, 2.05) is 48.5 Å². The van der Waals surface area contributed by atoms with Crippen LogP contribution in [-0.2, 0) is 9.53 Å². The van der Waals surface area contributed by atoms with Crippen LogP contribution in [0.3, 0.4) is 0 Å². The van der Waals surface area contributed by atoms with E-state index in [1.165, 1.54) is 6.08 Å². The molecule has 0 saturated heterocycles. The summed E-state index contributed by atoms with van der Waals surface area (Å²) < 4.78 is 5.69. The minimum absolute atomic E-state index is 0.347. The fourth-order valence-electron chi connectivity index (χ4n) is 2.07. The van der Waals surface area contributed by atoms with Crippen molar-refractivity contribution in [2.24, 2.45) is 0 Å². The highest BCUT2D eigenvalue weighted by molar-refractivity contribution is 9.10. The molecule has 0 bridgehead atoms. The van der Waals surface area contributed by atoms with E-state index in [2.05, 4.69) is 15.9 Å². The van der Waals surface area contributed by atoms with Crippen LogP contribution in [0.1, 0.15) is 29.7 Å². The Kier molecular flexibility index (Phi) is 5.92. The number of aliphatic hydroxyl groups excluding tert-OH is 1. The number of aliphatic hydroxyl groups is 1. The summed E-state index contributed by atoms with van der Waals surface area (Å²) in [5, 5.41) is 10.5. The third-order valence-corrected chi connectivity index (χ3v) is 3.53. The van der Waals surface area contributed by atoms with Crippen molar-refractivity contribution < 1.29 is 14.6 Å². The SMILES string of the molecule is CCOC(=O)C=Cc1cc(Br)cc(C(O)c2ccccc2)c1. The standard InChI is InChI=1S/C18H17BrO3/c1-2-22-17(20)9-8-13-10-15(12-16(19)11-13)18(21)14-6-4-3-5-7-14/h3-12,18,21H,2H2,1H3. The molecule has 2 aromatic carbocycles. The number of hydrogen-bond donors (Lipinski definition) is 1. The number of halogens is 1. The fourth-order valence-corrected chi connectivity index (χ4v) is 2.60. The molecule has 1 N–H and O–H groups in total. The highest BCUT2D eigenvalue weighted by Gasteiger charge is 2.11. The summed E-state index contributed by atoms with van der Waals surface area (Å²) in [6.07, 6.45) is 2.34. The summed E-state index contributed by atoms with van der Waals surface area (Å²) in [5.41, 5.74) is 2.39. The Labute approximate surface area is 138 Å². The molecule has 0 saturated carbocycles. The molecule has 0 heterocycles. The second-order valence-electron chi connectivity index (χ2n) is 4.72. The first-order chi connectivity index (χ1) is 10.6. The van der Waals surface area contributed by atoms with E-state index in [1.54, 1.807) is 13.0 Å². The van der Waals surface area contributed by atoms with Gasteiger partial charge >= 0.3 is 5.97 Å². The lowest BCUT2D eigenvalue weighted by Crippen LogP contribution is -2.00. The third kappa shape index (κ3) is 4.55. The van der Waals surface area contributed by atoms with Gasteiger partial charge in [0, 0.05) is 10.5 Å². The summed E-state index contributed by atoms with van der Waals surface area (Å²) in [4.78, 5) is 11.4. The van der Waals surface area contributed by atoms with Gasteiger partial charge in [-0.15, -0.1) is 0 Å². The monoisotopic (exact) mass is 360 g/mol. The number of carbonyl (C=O) groups excluding carboxylic acids is 1. The zero-order chi connectivity index (χ0) is 15.9. The normalized spacial score (nSPS) is 12.3. The fraction of sp³-hybridized carbons (Fsp3) is 0.167. The molecule has 2 aromatic rings. The van der Waals surface area contributed by atoms with Gasteiger partial charge < -0.3 is 9.84 Å². The molecule has 0 aromatic heterocycles. The maximum atomic E-state index is 11.4. The zero-order valence-corrected chi connectivity index (χ0v) is 13.8. The summed E-state index contributed by atoms with van der Waals surface area (Å²) in [6.45, 7) is 2.11. The van der Waals surface area contributed by atoms with E-state index in [9.17, 15) is 9.90 Å². The summed E-state index contributed by atoms with van der Waals surface area (Å²) in [5.74, 6) is -0.382. The first-order valence-corrected chi connectivity index (χ1v) is 7.77. The Bertz CT molecular complexity index is 665. The second-order valence-corrected chi connectivity index (χ2v) is 5.63. The van der Waals surface area contributed by atoms with Crippen molar-refractivity contribution in [2.45, 2.75) is 13.0 Å². The molecule has 0 fully saturated rings. The maximum Gasteiger partial charge on any atom is 0.330 e. The Morgan fingerprint density at radius 3 is 2.64 bits per heavy atom. The van der Waals surface area contributed by atoms with E-state index in [4.69, 9.17) is 4.74 Å². The van der Waals surface area contributed by atoms with Crippen LogP contribution in [0.5, 0.6) is 0 Å². The first-order valence-electron chi connectivity index (χ1n) is 6.98. The van der Waals surface area contributed by atoms with E-state index < -0.39 is 6.10 Å². The van der Waals surface area contributed by atoms with Crippen molar-refractivity contribution >= 4 is 28.0 Å². The minimum Gasteiger partial charge on any atom is -0.463 e. The number of rotatable bonds is 5. The highest BCUT2D eigenvalue weighted by Crippen LogP contribution is 2.26. The number of carbonyl (C=O) groups is 1. The Hall–Kier alpha value is -1.91. The number of ether oxygens (including phenoxy) is 1. The Morgan fingerprint density at radius 2 is 1.95 bits per heavy atom. The van der Waals surface area contributed by atoms with Gasteiger partial charge in [0.25, 0.3) is 0 Å². The van der Waals surface area contributed by atoms with Gasteiger partial charge in [-0.3, -0.25) is 0 Å². The largest absolute Gasteiger partial charge is 0.463 e. The van der Waals surface area contributed by atoms with Crippen molar-refractivity contribution in [3.8, 4) is 0 Å². The first kappa shape index (κ1) is 16.5. The predicted octanol–water partition coefficient (Wildman–Crippen LogP) is 4.11. The Morgan fingerprint density at radius 1 is 1.23 bits per heavy atom. The lowest BCUT2D eigenvalue weighted by Gasteiger charge is -2.12. The van der Waals surface area contributed by atoms with Crippen LogP contribution in [0.25, 0.3) is 6.08 Å². The van der Waals surface area contributed by atoms with Gasteiger partial charge in [-0.25, -0.2) is 4.79 Å². The maximum absolute atomic E-state index is 11.4. The lowest BCUT2D eigenvalue weighted by atomic mass is 10.00. The molecule has 0 aliphatic heterocycles. The van der Waals surface area contributed by atoms with Crippen LogP contribution < -0.4 is 0 Å². The molecule has 0 radical (unpaired) electrons. The molecule has 1 unspecified atom stereocenters. The van der Waals surface area contributed by atoms with Gasteiger partial charge in [0.05, 0.1) is 6.61 Å². The van der Waals surface area contributed by atoms with Crippen LogP contribution in [0.2, 0.25) is 0 Å².